The summed E-state index contributed by atoms with van der Waals surface area (Å²) in [4.78, 5) is 16.3. The predicted molar refractivity (Wildman–Crippen MR) is 95.2 cm³/mol. The van der Waals surface area contributed by atoms with E-state index in [4.69, 9.17) is 8.97 Å². The zero-order valence-electron chi connectivity index (χ0n) is 15.7. The second kappa shape index (κ2) is 7.58. The molecule has 0 aromatic carbocycles. The summed E-state index contributed by atoms with van der Waals surface area (Å²) in [7, 11) is -4.76. The van der Waals surface area contributed by atoms with Gasteiger partial charge in [0.25, 0.3) is 0 Å². The molecule has 1 N–H and O–H groups in total. The van der Waals surface area contributed by atoms with E-state index in [1.807, 2.05) is 0 Å². The van der Waals surface area contributed by atoms with Crippen molar-refractivity contribution < 1.29 is 26.5 Å². The number of urea groups is 1. The molecule has 1 aromatic rings. The molecule has 12 heteroatoms. The summed E-state index contributed by atoms with van der Waals surface area (Å²) >= 11 is 0. The molecule has 11 nitrogen and oxygen atoms in total. The lowest BCUT2D eigenvalue weighted by Gasteiger charge is -2.29. The second-order valence-electron chi connectivity index (χ2n) is 7.82. The molecule has 4 rings (SSSR count). The minimum atomic E-state index is -4.76. The lowest BCUT2D eigenvalue weighted by molar-refractivity contribution is -0.0317. The van der Waals surface area contributed by atoms with Gasteiger partial charge in [0, 0.05) is 19.5 Å². The molecule has 0 unspecified atom stereocenters. The normalized spacial score (nSPS) is 27.0. The number of likely N-dealkylation sites (tertiary alicyclic amines) is 1. The molecular formula is C16H25N5O6S. The van der Waals surface area contributed by atoms with E-state index in [1.165, 1.54) is 17.7 Å². The summed E-state index contributed by atoms with van der Waals surface area (Å²) in [6, 6.07) is -1.49. The molecule has 0 saturated carbocycles. The highest BCUT2D eigenvalue weighted by Gasteiger charge is 2.49. The van der Waals surface area contributed by atoms with Gasteiger partial charge in [0.2, 0.25) is 11.8 Å². The van der Waals surface area contributed by atoms with Crippen molar-refractivity contribution in [2.45, 2.75) is 51.1 Å². The Hall–Kier alpha value is -1.76. The smallest absolute Gasteiger partial charge is 0.418 e. The number of nitrogens with zero attached hydrogens (tertiary/aromatic N) is 5. The van der Waals surface area contributed by atoms with Gasteiger partial charge in [-0.15, -0.1) is 14.5 Å². The average molecular weight is 415 g/mol. The highest BCUT2D eigenvalue weighted by Crippen LogP contribution is 2.38. The molecule has 0 aliphatic carbocycles. The van der Waals surface area contributed by atoms with E-state index >= 15 is 0 Å². The largest absolute Gasteiger partial charge is 0.423 e. The third kappa shape index (κ3) is 4.14. The Morgan fingerprint density at radius 2 is 1.96 bits per heavy atom. The van der Waals surface area contributed by atoms with Gasteiger partial charge in [-0.25, -0.2) is 4.79 Å². The molecule has 28 heavy (non-hydrogen) atoms. The molecule has 3 saturated heterocycles. The Bertz CT molecular complexity index is 821. The molecule has 0 radical (unpaired) electrons. The summed E-state index contributed by atoms with van der Waals surface area (Å²) in [5, 5.41) is 8.94. The van der Waals surface area contributed by atoms with Gasteiger partial charge in [-0.2, -0.15) is 13.5 Å². The van der Waals surface area contributed by atoms with Crippen molar-refractivity contribution in [1.82, 2.24) is 25.1 Å². The molecule has 0 spiro atoms. The molecule has 2 atom stereocenters. The number of hydrogen-bond acceptors (Lipinski definition) is 8. The van der Waals surface area contributed by atoms with Crippen LogP contribution in [0.4, 0.5) is 4.79 Å². The number of aromatic nitrogens is 2. The van der Waals surface area contributed by atoms with E-state index in [9.17, 15) is 13.2 Å². The van der Waals surface area contributed by atoms with Crippen LogP contribution in [0.5, 0.6) is 0 Å². The fourth-order valence-corrected chi connectivity index (χ4v) is 4.52. The first-order chi connectivity index (χ1) is 13.3. The molecule has 3 fully saturated rings. The average Bonchev–Trinajstić information content (AvgIpc) is 3.20. The van der Waals surface area contributed by atoms with Crippen LogP contribution in [-0.2, 0) is 21.1 Å². The van der Waals surface area contributed by atoms with Crippen molar-refractivity contribution in [3.8, 4) is 0 Å². The molecule has 3 aliphatic heterocycles. The second-order valence-corrected chi connectivity index (χ2v) is 8.82. The van der Waals surface area contributed by atoms with Gasteiger partial charge >= 0.3 is 16.4 Å². The van der Waals surface area contributed by atoms with Crippen LogP contribution in [-0.4, -0.2) is 76.3 Å². The monoisotopic (exact) mass is 415 g/mol. The van der Waals surface area contributed by atoms with Crippen LogP contribution in [0.15, 0.2) is 4.42 Å². The maximum Gasteiger partial charge on any atom is 0.418 e. The molecule has 1 aromatic heterocycles. The van der Waals surface area contributed by atoms with Crippen molar-refractivity contribution >= 4 is 16.4 Å². The molecule has 2 amide bonds. The van der Waals surface area contributed by atoms with E-state index in [-0.39, 0.29) is 6.54 Å². The molecule has 2 bridgehead atoms. The highest BCUT2D eigenvalue weighted by atomic mass is 32.3. The topological polar surface area (TPSA) is 129 Å². The summed E-state index contributed by atoms with van der Waals surface area (Å²) in [5.41, 5.74) is 0. The van der Waals surface area contributed by atoms with Crippen LogP contribution in [0.25, 0.3) is 0 Å². The van der Waals surface area contributed by atoms with Crippen LogP contribution >= 0.6 is 0 Å². The molecule has 156 valence electrons. The molecular weight excluding hydrogens is 390 g/mol. The number of hydroxylamine groups is 2. The number of carbonyl (C=O) groups excluding carboxylic acids is 1. The first kappa shape index (κ1) is 19.6. The van der Waals surface area contributed by atoms with Crippen molar-refractivity contribution in [3.05, 3.63) is 11.8 Å². The van der Waals surface area contributed by atoms with Gasteiger partial charge < -0.3 is 14.2 Å². The summed E-state index contributed by atoms with van der Waals surface area (Å²) in [6.45, 7) is 5.58. The summed E-state index contributed by atoms with van der Waals surface area (Å²) in [5.74, 6) is 1.67. The molecule has 3 aliphatic rings. The van der Waals surface area contributed by atoms with E-state index < -0.39 is 28.5 Å². The summed E-state index contributed by atoms with van der Waals surface area (Å²) in [6.07, 6.45) is 4.12. The quantitative estimate of drug-likeness (QED) is 0.677. The Morgan fingerprint density at radius 1 is 1.21 bits per heavy atom. The lowest BCUT2D eigenvalue weighted by Crippen LogP contribution is -2.35. The van der Waals surface area contributed by atoms with Crippen molar-refractivity contribution in [1.29, 1.82) is 0 Å². The van der Waals surface area contributed by atoms with Gasteiger partial charge in [-0.3, -0.25) is 4.55 Å². The predicted octanol–water partition coefficient (Wildman–Crippen LogP) is 1.02. The van der Waals surface area contributed by atoms with Gasteiger partial charge in [0.15, 0.2) is 0 Å². The third-order valence-corrected chi connectivity index (χ3v) is 6.13. The maximum atomic E-state index is 12.5. The van der Waals surface area contributed by atoms with Crippen LogP contribution in [0, 0.1) is 5.92 Å². The first-order valence-electron chi connectivity index (χ1n) is 9.61. The number of amides is 2. The van der Waals surface area contributed by atoms with Crippen molar-refractivity contribution in [2.24, 2.45) is 5.92 Å². The van der Waals surface area contributed by atoms with Crippen LogP contribution in [0.2, 0.25) is 0 Å². The highest BCUT2D eigenvalue weighted by molar-refractivity contribution is 7.80. The Kier molecular flexibility index (Phi) is 5.29. The van der Waals surface area contributed by atoms with Crippen molar-refractivity contribution in [3.63, 3.8) is 0 Å². The molecule has 4 heterocycles. The lowest BCUT2D eigenvalue weighted by atomic mass is 9.99. The number of piperidine rings is 2. The van der Waals surface area contributed by atoms with Gasteiger partial charge in [0.05, 0.1) is 6.04 Å². The maximum absolute atomic E-state index is 12.5. The Morgan fingerprint density at radius 3 is 2.68 bits per heavy atom. The standard InChI is InChI=1S/C16H25N5O6S/c1-11-4-7-19(8-5-11)9-6-14-17-18-15(26-14)13-3-2-12-10-20(13)16(22)21(12)27-28(23,24)25/h11-13H,2-10H2,1H3,(H,23,24,25)/t12-,13+/m1/s1. The fraction of sp³-hybridized carbons (Fsp3) is 0.812. The van der Waals surface area contributed by atoms with E-state index in [0.717, 1.165) is 25.6 Å². The number of hydrogen-bond donors (Lipinski definition) is 1. The third-order valence-electron chi connectivity index (χ3n) is 5.78. The zero-order valence-corrected chi connectivity index (χ0v) is 16.5. The first-order valence-corrected chi connectivity index (χ1v) is 11.0. The van der Waals surface area contributed by atoms with Crippen LogP contribution in [0.1, 0.15) is 50.4 Å². The SMILES string of the molecule is CC1CCN(CCc2nnc([C@@H]3CC[C@@H]4CN3C(=O)N4OS(=O)(=O)O)o2)CC1. The van der Waals surface area contributed by atoms with Crippen LogP contribution < -0.4 is 0 Å². The number of fused-ring (bicyclic) bond motifs is 2. The minimum absolute atomic E-state index is 0.280. The zero-order chi connectivity index (χ0) is 19.9. The van der Waals surface area contributed by atoms with Gasteiger partial charge in [0.1, 0.15) is 6.04 Å². The van der Waals surface area contributed by atoms with E-state index in [0.29, 0.717) is 36.1 Å². The minimum Gasteiger partial charge on any atom is -0.423 e. The Labute approximate surface area is 163 Å². The Balaban J connectivity index is 1.37. The van der Waals surface area contributed by atoms with Gasteiger partial charge in [-0.1, -0.05) is 6.92 Å². The van der Waals surface area contributed by atoms with Crippen molar-refractivity contribution in [2.75, 3.05) is 26.2 Å². The van der Waals surface area contributed by atoms with E-state index in [1.54, 1.807) is 0 Å². The fourth-order valence-electron chi connectivity index (χ4n) is 4.13. The summed E-state index contributed by atoms with van der Waals surface area (Å²) < 4.78 is 41.0. The van der Waals surface area contributed by atoms with Crippen LogP contribution in [0.3, 0.4) is 0 Å². The van der Waals surface area contributed by atoms with E-state index in [2.05, 4.69) is 26.3 Å². The number of carbonyl (C=O) groups is 1. The van der Waals surface area contributed by atoms with Gasteiger partial charge in [-0.05, 0) is 44.7 Å². The number of rotatable bonds is 6.